The Morgan fingerprint density at radius 2 is 1.63 bits per heavy atom. The lowest BCUT2D eigenvalue weighted by Crippen LogP contribution is -2.08. The van der Waals surface area contributed by atoms with Crippen molar-refractivity contribution in [2.24, 2.45) is 5.92 Å². The fourth-order valence-corrected chi connectivity index (χ4v) is 1.94. The molecule has 0 heterocycles. The Bertz CT molecular complexity index is 380. The molecule has 0 saturated carbocycles. The van der Waals surface area contributed by atoms with Crippen LogP contribution in [0.1, 0.15) is 53.9 Å². The minimum atomic E-state index is 0.175. The molecule has 1 nitrogen and oxygen atoms in total. The number of rotatable bonds is 2. The normalized spacial score (nSPS) is 20.2. The van der Waals surface area contributed by atoms with Crippen molar-refractivity contribution in [2.75, 3.05) is 0 Å². The summed E-state index contributed by atoms with van der Waals surface area (Å²) in [5.41, 5.74) is 1.71. The summed E-state index contributed by atoms with van der Waals surface area (Å²) < 4.78 is 0. The molecule has 0 N–H and O–H groups in total. The standard InChI is InChI=1S/C14H16O.2C2H6/c1-11-6-5-9-13(10-11)14(15)12-7-3-2-4-8-12;2*1-2/h3,5,7-11H,2,4,6H2,1H3;2*1-2H3. The summed E-state index contributed by atoms with van der Waals surface area (Å²) >= 11 is 0. The molecule has 106 valence electrons. The lowest BCUT2D eigenvalue weighted by molar-refractivity contribution is -0.111. The van der Waals surface area contributed by atoms with Crippen LogP contribution in [0.15, 0.2) is 47.6 Å². The first-order chi connectivity index (χ1) is 9.27. The van der Waals surface area contributed by atoms with E-state index in [0.29, 0.717) is 5.92 Å². The molecule has 0 fully saturated rings. The molecule has 1 unspecified atom stereocenters. The van der Waals surface area contributed by atoms with Gasteiger partial charge in [0, 0.05) is 11.1 Å². The van der Waals surface area contributed by atoms with Crippen LogP contribution in [0.25, 0.3) is 0 Å². The molecule has 1 heteroatoms. The van der Waals surface area contributed by atoms with E-state index in [9.17, 15) is 4.79 Å². The van der Waals surface area contributed by atoms with Gasteiger partial charge in [-0.1, -0.05) is 71.1 Å². The van der Waals surface area contributed by atoms with Crippen LogP contribution in [-0.2, 0) is 4.79 Å². The van der Waals surface area contributed by atoms with E-state index in [1.165, 1.54) is 0 Å². The summed E-state index contributed by atoms with van der Waals surface area (Å²) in [6, 6.07) is 0. The number of carbonyl (C=O) groups excluding carboxylic acids is 1. The highest BCUT2D eigenvalue weighted by Gasteiger charge is 2.15. The topological polar surface area (TPSA) is 17.1 Å². The van der Waals surface area contributed by atoms with Crippen molar-refractivity contribution in [3.8, 4) is 0 Å². The molecule has 0 amide bonds. The molecule has 0 aromatic rings. The number of ketones is 1. The number of hydrogen-bond acceptors (Lipinski definition) is 1. The molecular weight excluding hydrogens is 232 g/mol. The summed E-state index contributed by atoms with van der Waals surface area (Å²) in [5.74, 6) is 0.663. The molecule has 0 radical (unpaired) electrons. The van der Waals surface area contributed by atoms with Gasteiger partial charge < -0.3 is 0 Å². The Labute approximate surface area is 118 Å². The Hall–Kier alpha value is -1.37. The van der Waals surface area contributed by atoms with Crippen LogP contribution < -0.4 is 0 Å². The lowest BCUT2D eigenvalue weighted by atomic mass is 9.91. The van der Waals surface area contributed by atoms with Gasteiger partial charge in [0.1, 0.15) is 0 Å². The number of hydrogen-bond donors (Lipinski definition) is 0. The molecule has 0 saturated heterocycles. The third-order valence-corrected chi connectivity index (χ3v) is 2.79. The van der Waals surface area contributed by atoms with Crippen LogP contribution in [0.5, 0.6) is 0 Å². The molecule has 0 spiro atoms. The fourth-order valence-electron chi connectivity index (χ4n) is 1.94. The minimum absolute atomic E-state index is 0.175. The average Bonchev–Trinajstić information content (AvgIpc) is 2.51. The Kier molecular flexibility index (Phi) is 9.78. The van der Waals surface area contributed by atoms with E-state index in [0.717, 1.165) is 30.4 Å². The second kappa shape index (κ2) is 10.5. The van der Waals surface area contributed by atoms with E-state index < -0.39 is 0 Å². The molecule has 1 atom stereocenters. The highest BCUT2D eigenvalue weighted by Crippen LogP contribution is 2.21. The molecular formula is C18H28O. The molecule has 0 bridgehead atoms. The van der Waals surface area contributed by atoms with E-state index in [-0.39, 0.29) is 5.78 Å². The van der Waals surface area contributed by atoms with E-state index >= 15 is 0 Å². The summed E-state index contributed by atoms with van der Waals surface area (Å²) in [6.07, 6.45) is 15.3. The first-order valence-corrected chi connectivity index (χ1v) is 7.57. The largest absolute Gasteiger partial charge is 0.289 e. The number of Topliss-reactive ketones (excluding diaryl/α,β-unsaturated/α-hetero) is 1. The Balaban J connectivity index is 0.000000741. The van der Waals surface area contributed by atoms with E-state index in [1.54, 1.807) is 0 Å². The van der Waals surface area contributed by atoms with Gasteiger partial charge in [0.15, 0.2) is 5.78 Å². The summed E-state index contributed by atoms with van der Waals surface area (Å²) in [6.45, 7) is 10.1. The molecule has 2 aliphatic carbocycles. The van der Waals surface area contributed by atoms with Crippen molar-refractivity contribution in [1.29, 1.82) is 0 Å². The zero-order chi connectivity index (χ0) is 14.7. The number of carbonyl (C=O) groups is 1. The van der Waals surface area contributed by atoms with Gasteiger partial charge in [-0.15, -0.1) is 0 Å². The van der Waals surface area contributed by atoms with Crippen molar-refractivity contribution in [2.45, 2.75) is 53.9 Å². The molecule has 2 rings (SSSR count). The lowest BCUT2D eigenvalue weighted by Gasteiger charge is -2.12. The van der Waals surface area contributed by atoms with Gasteiger partial charge in [-0.25, -0.2) is 0 Å². The Morgan fingerprint density at radius 1 is 1.00 bits per heavy atom. The van der Waals surface area contributed by atoms with Crippen LogP contribution >= 0.6 is 0 Å². The highest BCUT2D eigenvalue weighted by molar-refractivity contribution is 6.12. The first-order valence-electron chi connectivity index (χ1n) is 7.57. The van der Waals surface area contributed by atoms with E-state index in [2.05, 4.69) is 25.2 Å². The molecule has 19 heavy (non-hydrogen) atoms. The van der Waals surface area contributed by atoms with Crippen molar-refractivity contribution in [1.82, 2.24) is 0 Å². The van der Waals surface area contributed by atoms with Crippen LogP contribution in [0.2, 0.25) is 0 Å². The molecule has 0 aliphatic heterocycles. The van der Waals surface area contributed by atoms with Crippen molar-refractivity contribution < 1.29 is 4.79 Å². The summed E-state index contributed by atoms with van der Waals surface area (Å²) in [7, 11) is 0. The van der Waals surface area contributed by atoms with Crippen LogP contribution in [0.4, 0.5) is 0 Å². The third kappa shape index (κ3) is 5.87. The van der Waals surface area contributed by atoms with Crippen molar-refractivity contribution >= 4 is 5.78 Å². The predicted octanol–water partition coefficient (Wildman–Crippen LogP) is 5.41. The highest BCUT2D eigenvalue weighted by atomic mass is 16.1. The zero-order valence-corrected chi connectivity index (χ0v) is 13.1. The van der Waals surface area contributed by atoms with Gasteiger partial charge in [0.2, 0.25) is 0 Å². The van der Waals surface area contributed by atoms with Gasteiger partial charge in [-0.05, 0) is 25.2 Å². The van der Waals surface area contributed by atoms with Gasteiger partial charge >= 0.3 is 0 Å². The SMILES string of the molecule is CC.CC.CC1C=C(C(=O)C2=CCCC=C2)C=CC1. The fraction of sp³-hybridized carbons (Fsp3) is 0.500. The monoisotopic (exact) mass is 260 g/mol. The predicted molar refractivity (Wildman–Crippen MR) is 85.2 cm³/mol. The number of allylic oxidation sites excluding steroid dienone is 8. The molecule has 0 aromatic carbocycles. The van der Waals surface area contributed by atoms with Gasteiger partial charge in [0.25, 0.3) is 0 Å². The minimum Gasteiger partial charge on any atom is -0.289 e. The zero-order valence-electron chi connectivity index (χ0n) is 13.1. The van der Waals surface area contributed by atoms with Crippen LogP contribution in [0, 0.1) is 5.92 Å². The quantitative estimate of drug-likeness (QED) is 0.649. The van der Waals surface area contributed by atoms with Crippen molar-refractivity contribution in [3.05, 3.63) is 47.6 Å². The molecule has 0 aromatic heterocycles. The van der Waals surface area contributed by atoms with Crippen molar-refractivity contribution in [3.63, 3.8) is 0 Å². The summed E-state index contributed by atoms with van der Waals surface area (Å²) in [5, 5.41) is 0. The van der Waals surface area contributed by atoms with Crippen LogP contribution in [-0.4, -0.2) is 5.78 Å². The van der Waals surface area contributed by atoms with E-state index in [4.69, 9.17) is 0 Å². The smallest absolute Gasteiger partial charge is 0.192 e. The van der Waals surface area contributed by atoms with Gasteiger partial charge in [0.05, 0.1) is 0 Å². The second-order valence-corrected chi connectivity index (χ2v) is 4.21. The third-order valence-electron chi connectivity index (χ3n) is 2.79. The molecule has 2 aliphatic rings. The first kappa shape index (κ1) is 17.6. The summed E-state index contributed by atoms with van der Waals surface area (Å²) in [4.78, 5) is 12.1. The maximum absolute atomic E-state index is 12.1. The average molecular weight is 260 g/mol. The van der Waals surface area contributed by atoms with Crippen LogP contribution in [0.3, 0.4) is 0 Å². The Morgan fingerprint density at radius 3 is 2.16 bits per heavy atom. The maximum Gasteiger partial charge on any atom is 0.192 e. The maximum atomic E-state index is 12.1. The second-order valence-electron chi connectivity index (χ2n) is 4.21. The van der Waals surface area contributed by atoms with Gasteiger partial charge in [-0.3, -0.25) is 4.79 Å². The van der Waals surface area contributed by atoms with E-state index in [1.807, 2.05) is 45.9 Å². The van der Waals surface area contributed by atoms with Gasteiger partial charge in [-0.2, -0.15) is 0 Å².